The Balaban J connectivity index is 1.97. The minimum Gasteiger partial charge on any atom is -0.450 e. The van der Waals surface area contributed by atoms with Gasteiger partial charge in [-0.3, -0.25) is 14.6 Å². The quantitative estimate of drug-likeness (QED) is 0.854. The standard InChI is InChI=1S/C18H26N4O4/c1-4-26-18(25)22-7-5-21(6-8-22)17(24)15-9-14(11-19-12-15)16(23)20-10-13(2)3/h9,11-13H,4-8,10H2,1-3H3,(H,20,23). The Labute approximate surface area is 153 Å². The lowest BCUT2D eigenvalue weighted by Gasteiger charge is -2.34. The van der Waals surface area contributed by atoms with Crippen LogP contribution in [0.3, 0.4) is 0 Å². The summed E-state index contributed by atoms with van der Waals surface area (Å²) in [5.74, 6) is -0.0973. The second-order valence-electron chi connectivity index (χ2n) is 6.54. The third kappa shape index (κ3) is 5.18. The molecule has 2 heterocycles. The molecule has 0 aromatic carbocycles. The molecule has 1 fully saturated rings. The number of nitrogens with one attached hydrogen (secondary N) is 1. The number of piperazine rings is 1. The van der Waals surface area contributed by atoms with Gasteiger partial charge in [-0.2, -0.15) is 0 Å². The van der Waals surface area contributed by atoms with E-state index in [1.807, 2.05) is 13.8 Å². The average molecular weight is 362 g/mol. The van der Waals surface area contributed by atoms with Crippen LogP contribution in [0.1, 0.15) is 41.5 Å². The Bertz CT molecular complexity index is 654. The molecule has 0 spiro atoms. The molecule has 0 aliphatic carbocycles. The second-order valence-corrected chi connectivity index (χ2v) is 6.54. The van der Waals surface area contributed by atoms with E-state index in [2.05, 4.69) is 10.3 Å². The van der Waals surface area contributed by atoms with Crippen LogP contribution in [0.2, 0.25) is 0 Å². The molecule has 1 aliphatic heterocycles. The maximum absolute atomic E-state index is 12.7. The van der Waals surface area contributed by atoms with E-state index in [1.54, 1.807) is 22.8 Å². The van der Waals surface area contributed by atoms with Gasteiger partial charge in [0, 0.05) is 45.1 Å². The lowest BCUT2D eigenvalue weighted by Crippen LogP contribution is -2.50. The van der Waals surface area contributed by atoms with Crippen LogP contribution in [-0.2, 0) is 4.74 Å². The van der Waals surface area contributed by atoms with Crippen molar-refractivity contribution in [2.24, 2.45) is 5.92 Å². The lowest BCUT2D eigenvalue weighted by molar-refractivity contribution is 0.0570. The summed E-state index contributed by atoms with van der Waals surface area (Å²) in [6.45, 7) is 8.35. The van der Waals surface area contributed by atoms with Crippen LogP contribution in [0, 0.1) is 5.92 Å². The Morgan fingerprint density at radius 3 is 2.35 bits per heavy atom. The smallest absolute Gasteiger partial charge is 0.409 e. The second kappa shape index (κ2) is 9.17. The highest BCUT2D eigenvalue weighted by Crippen LogP contribution is 2.11. The number of carbonyl (C=O) groups is 3. The first-order valence-electron chi connectivity index (χ1n) is 8.86. The maximum Gasteiger partial charge on any atom is 0.409 e. The summed E-state index contributed by atoms with van der Waals surface area (Å²) in [5.41, 5.74) is 0.730. The van der Waals surface area contributed by atoms with Crippen molar-refractivity contribution >= 4 is 17.9 Å². The third-order valence-corrected chi connectivity index (χ3v) is 4.01. The molecule has 1 saturated heterocycles. The molecule has 26 heavy (non-hydrogen) atoms. The highest BCUT2D eigenvalue weighted by atomic mass is 16.6. The molecule has 8 heteroatoms. The van der Waals surface area contributed by atoms with Crippen molar-refractivity contribution in [2.75, 3.05) is 39.3 Å². The van der Waals surface area contributed by atoms with Crippen molar-refractivity contribution in [1.82, 2.24) is 20.1 Å². The van der Waals surface area contributed by atoms with Crippen LogP contribution >= 0.6 is 0 Å². The number of hydrogen-bond donors (Lipinski definition) is 1. The predicted molar refractivity (Wildman–Crippen MR) is 95.9 cm³/mol. The van der Waals surface area contributed by atoms with E-state index in [0.717, 1.165) is 0 Å². The van der Waals surface area contributed by atoms with Gasteiger partial charge in [-0.15, -0.1) is 0 Å². The number of amides is 3. The minimum atomic E-state index is -0.356. The Morgan fingerprint density at radius 2 is 1.73 bits per heavy atom. The van der Waals surface area contributed by atoms with Crippen molar-refractivity contribution in [3.05, 3.63) is 29.6 Å². The fourth-order valence-electron chi connectivity index (χ4n) is 2.57. The van der Waals surface area contributed by atoms with E-state index in [0.29, 0.717) is 56.4 Å². The first-order valence-corrected chi connectivity index (χ1v) is 8.86. The summed E-state index contributed by atoms with van der Waals surface area (Å²) in [6, 6.07) is 1.56. The molecule has 142 valence electrons. The first kappa shape index (κ1) is 19.7. The number of nitrogens with zero attached hydrogens (tertiary/aromatic N) is 3. The third-order valence-electron chi connectivity index (χ3n) is 4.01. The molecule has 8 nitrogen and oxygen atoms in total. The SMILES string of the molecule is CCOC(=O)N1CCN(C(=O)c2cncc(C(=O)NCC(C)C)c2)CC1. The van der Waals surface area contributed by atoms with Crippen LogP contribution in [0.5, 0.6) is 0 Å². The van der Waals surface area contributed by atoms with E-state index in [9.17, 15) is 14.4 Å². The molecular weight excluding hydrogens is 336 g/mol. The molecule has 2 rings (SSSR count). The topological polar surface area (TPSA) is 91.8 Å². The monoisotopic (exact) mass is 362 g/mol. The summed E-state index contributed by atoms with van der Waals surface area (Å²) >= 11 is 0. The van der Waals surface area contributed by atoms with E-state index >= 15 is 0 Å². The van der Waals surface area contributed by atoms with Crippen molar-refractivity contribution in [2.45, 2.75) is 20.8 Å². The van der Waals surface area contributed by atoms with Crippen molar-refractivity contribution in [1.29, 1.82) is 0 Å². The van der Waals surface area contributed by atoms with Crippen molar-refractivity contribution in [3.63, 3.8) is 0 Å². The largest absolute Gasteiger partial charge is 0.450 e. The molecule has 0 unspecified atom stereocenters. The maximum atomic E-state index is 12.7. The number of pyridine rings is 1. The zero-order valence-electron chi connectivity index (χ0n) is 15.5. The van der Waals surface area contributed by atoms with Gasteiger partial charge in [0.05, 0.1) is 17.7 Å². The molecule has 0 atom stereocenters. The normalized spacial score (nSPS) is 14.3. The summed E-state index contributed by atoms with van der Waals surface area (Å²) in [5, 5.41) is 2.81. The molecular formula is C18H26N4O4. The van der Waals surface area contributed by atoms with Gasteiger partial charge in [0.15, 0.2) is 0 Å². The van der Waals surface area contributed by atoms with Crippen LogP contribution in [0.15, 0.2) is 18.5 Å². The van der Waals surface area contributed by atoms with Crippen molar-refractivity contribution in [3.8, 4) is 0 Å². The molecule has 0 saturated carbocycles. The lowest BCUT2D eigenvalue weighted by atomic mass is 10.1. The summed E-state index contributed by atoms with van der Waals surface area (Å²) in [6.07, 6.45) is 2.55. The van der Waals surface area contributed by atoms with Crippen LogP contribution in [0.4, 0.5) is 4.79 Å². The molecule has 0 bridgehead atoms. The van der Waals surface area contributed by atoms with Gasteiger partial charge in [-0.1, -0.05) is 13.8 Å². The Kier molecular flexibility index (Phi) is 6.94. The highest BCUT2D eigenvalue weighted by Gasteiger charge is 2.26. The number of aromatic nitrogens is 1. The molecule has 1 aliphatic rings. The van der Waals surface area contributed by atoms with Crippen LogP contribution in [0.25, 0.3) is 0 Å². The fourth-order valence-corrected chi connectivity index (χ4v) is 2.57. The summed E-state index contributed by atoms with van der Waals surface area (Å²) < 4.78 is 4.97. The number of hydrogen-bond acceptors (Lipinski definition) is 5. The van der Waals surface area contributed by atoms with Gasteiger partial charge in [0.2, 0.25) is 0 Å². The number of ether oxygens (including phenoxy) is 1. The highest BCUT2D eigenvalue weighted by molar-refractivity contribution is 5.99. The van der Waals surface area contributed by atoms with Crippen LogP contribution in [-0.4, -0.2) is 72.0 Å². The predicted octanol–water partition coefficient (Wildman–Crippen LogP) is 1.38. The summed E-state index contributed by atoms with van der Waals surface area (Å²) in [7, 11) is 0. The molecule has 1 aromatic heterocycles. The van der Waals surface area contributed by atoms with Crippen LogP contribution < -0.4 is 5.32 Å². The van der Waals surface area contributed by atoms with Crippen molar-refractivity contribution < 1.29 is 19.1 Å². The van der Waals surface area contributed by atoms with Gasteiger partial charge in [-0.25, -0.2) is 4.79 Å². The van der Waals surface area contributed by atoms with E-state index < -0.39 is 0 Å². The zero-order chi connectivity index (χ0) is 19.1. The molecule has 1 aromatic rings. The minimum absolute atomic E-state index is 0.195. The van der Waals surface area contributed by atoms with E-state index in [-0.39, 0.29) is 17.9 Å². The Hall–Kier alpha value is -2.64. The average Bonchev–Trinajstić information content (AvgIpc) is 2.66. The van der Waals surface area contributed by atoms with Gasteiger partial charge >= 0.3 is 6.09 Å². The zero-order valence-corrected chi connectivity index (χ0v) is 15.5. The van der Waals surface area contributed by atoms with E-state index in [1.165, 1.54) is 12.4 Å². The summed E-state index contributed by atoms with van der Waals surface area (Å²) in [4.78, 5) is 43.8. The van der Waals surface area contributed by atoms with Gasteiger partial charge in [0.1, 0.15) is 0 Å². The fraction of sp³-hybridized carbons (Fsp3) is 0.556. The first-order chi connectivity index (χ1) is 12.4. The van der Waals surface area contributed by atoms with Gasteiger partial charge < -0.3 is 19.9 Å². The van der Waals surface area contributed by atoms with Gasteiger partial charge in [-0.05, 0) is 18.9 Å². The number of carbonyl (C=O) groups excluding carboxylic acids is 3. The molecule has 3 amide bonds. The Morgan fingerprint density at radius 1 is 1.12 bits per heavy atom. The van der Waals surface area contributed by atoms with Gasteiger partial charge in [0.25, 0.3) is 11.8 Å². The number of rotatable bonds is 5. The molecule has 1 N–H and O–H groups in total. The molecule has 0 radical (unpaired) electrons. The van der Waals surface area contributed by atoms with E-state index in [4.69, 9.17) is 4.74 Å².